The molecule has 2 nitrogen and oxygen atoms in total. The highest BCUT2D eigenvalue weighted by atomic mass is 79.9. The Hall–Kier alpha value is -0.380. The Bertz CT molecular complexity index is 452. The molecule has 0 N–H and O–H groups in total. The van der Waals surface area contributed by atoms with Gasteiger partial charge < -0.3 is 4.74 Å². The molecule has 0 bridgehead atoms. The summed E-state index contributed by atoms with van der Waals surface area (Å²) in [6.07, 6.45) is 3.73. The van der Waals surface area contributed by atoms with Gasteiger partial charge in [-0.3, -0.25) is 4.90 Å². The summed E-state index contributed by atoms with van der Waals surface area (Å²) in [5.74, 6) is 0.899. The van der Waals surface area contributed by atoms with Gasteiger partial charge in [0.25, 0.3) is 0 Å². The zero-order valence-corrected chi connectivity index (χ0v) is 13.2. The molecule has 1 saturated heterocycles. The van der Waals surface area contributed by atoms with E-state index in [1.807, 2.05) is 0 Å². The molecule has 2 aliphatic heterocycles. The van der Waals surface area contributed by atoms with E-state index < -0.39 is 0 Å². The van der Waals surface area contributed by atoms with Crippen molar-refractivity contribution in [3.8, 4) is 0 Å². The second-order valence-electron chi connectivity index (χ2n) is 5.96. The molecule has 0 unspecified atom stereocenters. The Morgan fingerprint density at radius 3 is 2.89 bits per heavy atom. The molecule has 0 amide bonds. The fraction of sp³-hybridized carbons (Fsp3) is 0.625. The van der Waals surface area contributed by atoms with Crippen LogP contribution in [0.25, 0.3) is 0 Å². The van der Waals surface area contributed by atoms with Gasteiger partial charge in [0.15, 0.2) is 0 Å². The van der Waals surface area contributed by atoms with Crippen LogP contribution in [0.15, 0.2) is 16.6 Å². The first-order valence-electron chi connectivity index (χ1n) is 7.32. The van der Waals surface area contributed by atoms with Crippen molar-refractivity contribution in [2.75, 3.05) is 19.7 Å². The Morgan fingerprint density at radius 2 is 2.11 bits per heavy atom. The van der Waals surface area contributed by atoms with E-state index in [-0.39, 0.29) is 0 Å². The highest BCUT2D eigenvalue weighted by Gasteiger charge is 2.19. The maximum Gasteiger partial charge on any atom is 0.0722 e. The Kier molecular flexibility index (Phi) is 4.25. The molecule has 3 rings (SSSR count). The van der Waals surface area contributed by atoms with Gasteiger partial charge in [-0.2, -0.15) is 0 Å². The van der Waals surface area contributed by atoms with Crippen LogP contribution >= 0.6 is 15.9 Å². The number of ether oxygens (including phenoxy) is 1. The molecule has 1 aromatic rings. The van der Waals surface area contributed by atoms with Crippen LogP contribution in [0.1, 0.15) is 36.5 Å². The molecule has 0 atom stereocenters. The Labute approximate surface area is 124 Å². The molecule has 0 saturated carbocycles. The normalized spacial score (nSPS) is 21.4. The highest BCUT2D eigenvalue weighted by molar-refractivity contribution is 9.10. The fourth-order valence-corrected chi connectivity index (χ4v) is 3.67. The molecule has 1 fully saturated rings. The molecule has 104 valence electrons. The Balaban J connectivity index is 1.78. The highest BCUT2D eigenvalue weighted by Crippen LogP contribution is 2.28. The number of nitrogens with zero attached hydrogens (tertiary/aromatic N) is 1. The number of likely N-dealkylation sites (tertiary alicyclic amines) is 1. The van der Waals surface area contributed by atoms with Gasteiger partial charge in [-0.25, -0.2) is 0 Å². The smallest absolute Gasteiger partial charge is 0.0722 e. The number of benzene rings is 1. The quantitative estimate of drug-likeness (QED) is 0.821. The summed E-state index contributed by atoms with van der Waals surface area (Å²) in [5.41, 5.74) is 4.37. The van der Waals surface area contributed by atoms with E-state index in [1.165, 1.54) is 47.1 Å². The third-order valence-corrected chi connectivity index (χ3v) is 4.89. The second-order valence-corrected chi connectivity index (χ2v) is 6.88. The maximum absolute atomic E-state index is 5.65. The number of hydrogen-bond donors (Lipinski definition) is 0. The number of piperidine rings is 1. The molecule has 2 heterocycles. The minimum Gasteiger partial charge on any atom is -0.376 e. The van der Waals surface area contributed by atoms with Crippen LogP contribution in [0.5, 0.6) is 0 Å². The molecule has 19 heavy (non-hydrogen) atoms. The second kappa shape index (κ2) is 5.94. The van der Waals surface area contributed by atoms with Gasteiger partial charge in [-0.15, -0.1) is 0 Å². The minimum atomic E-state index is 0.794. The predicted octanol–water partition coefficient (Wildman–Crippen LogP) is 3.75. The number of rotatable bonds is 2. The van der Waals surface area contributed by atoms with Crippen molar-refractivity contribution in [1.29, 1.82) is 0 Å². The number of hydrogen-bond acceptors (Lipinski definition) is 2. The van der Waals surface area contributed by atoms with Crippen LogP contribution in [0, 0.1) is 5.92 Å². The summed E-state index contributed by atoms with van der Waals surface area (Å²) >= 11 is 3.66. The third-order valence-electron chi connectivity index (χ3n) is 4.43. The van der Waals surface area contributed by atoms with Gasteiger partial charge in [-0.05, 0) is 67.1 Å². The van der Waals surface area contributed by atoms with Gasteiger partial charge >= 0.3 is 0 Å². The van der Waals surface area contributed by atoms with Crippen molar-refractivity contribution in [2.24, 2.45) is 5.92 Å². The van der Waals surface area contributed by atoms with Gasteiger partial charge in [0.05, 0.1) is 13.2 Å². The minimum absolute atomic E-state index is 0.794. The van der Waals surface area contributed by atoms with Gasteiger partial charge in [0, 0.05) is 11.0 Å². The van der Waals surface area contributed by atoms with Gasteiger partial charge in [0.1, 0.15) is 0 Å². The molecule has 3 heteroatoms. The lowest BCUT2D eigenvalue weighted by molar-refractivity contribution is 0.108. The topological polar surface area (TPSA) is 12.5 Å². The molecule has 0 spiro atoms. The largest absolute Gasteiger partial charge is 0.376 e. The van der Waals surface area contributed by atoms with E-state index >= 15 is 0 Å². The van der Waals surface area contributed by atoms with Crippen molar-refractivity contribution < 1.29 is 4.74 Å². The molecule has 0 aliphatic carbocycles. The van der Waals surface area contributed by atoms with Crippen molar-refractivity contribution >= 4 is 15.9 Å². The molecule has 0 radical (unpaired) electrons. The molecule has 0 aromatic heterocycles. The predicted molar refractivity (Wildman–Crippen MR) is 81.2 cm³/mol. The van der Waals surface area contributed by atoms with Crippen LogP contribution in [0.3, 0.4) is 0 Å². The first-order chi connectivity index (χ1) is 9.22. The van der Waals surface area contributed by atoms with E-state index in [1.54, 1.807) is 0 Å². The number of fused-ring (bicyclic) bond motifs is 1. The van der Waals surface area contributed by atoms with Crippen molar-refractivity contribution in [1.82, 2.24) is 4.90 Å². The van der Waals surface area contributed by atoms with Crippen molar-refractivity contribution in [3.63, 3.8) is 0 Å². The average molecular weight is 324 g/mol. The number of halogens is 1. The van der Waals surface area contributed by atoms with E-state index in [0.29, 0.717) is 0 Å². The van der Waals surface area contributed by atoms with Crippen LogP contribution in [-0.2, 0) is 24.3 Å². The molecular formula is C16H22BrNO. The van der Waals surface area contributed by atoms with E-state index in [4.69, 9.17) is 4.74 Å². The zero-order valence-electron chi connectivity index (χ0n) is 11.6. The first-order valence-corrected chi connectivity index (χ1v) is 8.12. The summed E-state index contributed by atoms with van der Waals surface area (Å²) in [6.45, 7) is 7.59. The van der Waals surface area contributed by atoms with Crippen LogP contribution < -0.4 is 0 Å². The lowest BCUT2D eigenvalue weighted by Crippen LogP contribution is -2.33. The average Bonchev–Trinajstić information content (AvgIpc) is 2.41. The van der Waals surface area contributed by atoms with E-state index in [0.717, 1.165) is 32.1 Å². The Morgan fingerprint density at radius 1 is 1.32 bits per heavy atom. The van der Waals surface area contributed by atoms with Crippen LogP contribution in [-0.4, -0.2) is 24.6 Å². The summed E-state index contributed by atoms with van der Waals surface area (Å²) in [7, 11) is 0. The first kappa shape index (κ1) is 13.6. The monoisotopic (exact) mass is 323 g/mol. The zero-order chi connectivity index (χ0) is 13.2. The summed E-state index contributed by atoms with van der Waals surface area (Å²) in [5, 5.41) is 0. The van der Waals surface area contributed by atoms with Crippen molar-refractivity contribution in [2.45, 2.75) is 39.3 Å². The summed E-state index contributed by atoms with van der Waals surface area (Å²) in [4.78, 5) is 2.59. The van der Waals surface area contributed by atoms with E-state index in [9.17, 15) is 0 Å². The van der Waals surface area contributed by atoms with E-state index in [2.05, 4.69) is 39.9 Å². The van der Waals surface area contributed by atoms with Gasteiger partial charge in [0.2, 0.25) is 0 Å². The van der Waals surface area contributed by atoms with Crippen LogP contribution in [0.2, 0.25) is 0 Å². The van der Waals surface area contributed by atoms with Crippen molar-refractivity contribution in [3.05, 3.63) is 33.3 Å². The summed E-state index contributed by atoms with van der Waals surface area (Å²) in [6, 6.07) is 4.55. The lowest BCUT2D eigenvalue weighted by Gasteiger charge is -2.31. The fourth-order valence-electron chi connectivity index (χ4n) is 3.12. The maximum atomic E-state index is 5.65. The third kappa shape index (κ3) is 3.21. The van der Waals surface area contributed by atoms with Gasteiger partial charge in [-0.1, -0.05) is 22.9 Å². The SMILES string of the molecule is CC1CCN(Cc2cc(Br)cc3c2COCC3)CC1. The summed E-state index contributed by atoms with van der Waals surface area (Å²) < 4.78 is 6.87. The molecular weight excluding hydrogens is 302 g/mol. The lowest BCUT2D eigenvalue weighted by atomic mass is 9.95. The molecule has 1 aromatic carbocycles. The van der Waals surface area contributed by atoms with Crippen LogP contribution in [0.4, 0.5) is 0 Å². The molecule has 2 aliphatic rings. The standard InChI is InChI=1S/C16H22BrNO/c1-12-2-5-18(6-3-12)10-14-9-15(17)8-13-4-7-19-11-16(13)14/h8-9,12H,2-7,10-11H2,1H3.